The van der Waals surface area contributed by atoms with Crippen molar-refractivity contribution in [3.05, 3.63) is 48.2 Å². The van der Waals surface area contributed by atoms with E-state index >= 15 is 0 Å². The molecule has 0 saturated heterocycles. The second kappa shape index (κ2) is 5.98. The van der Waals surface area contributed by atoms with Gasteiger partial charge in [-0.1, -0.05) is 17.7 Å². The van der Waals surface area contributed by atoms with Crippen LogP contribution in [-0.2, 0) is 14.8 Å². The average Bonchev–Trinajstić information content (AvgIpc) is 2.56. The van der Waals surface area contributed by atoms with Crippen molar-refractivity contribution in [3.8, 4) is 12.3 Å². The minimum absolute atomic E-state index is 0.0364. The van der Waals surface area contributed by atoms with E-state index < -0.39 is 22.0 Å². The van der Waals surface area contributed by atoms with Gasteiger partial charge in [-0.25, -0.2) is 17.7 Å². The van der Waals surface area contributed by atoms with Crippen LogP contribution in [0.25, 0.3) is 0 Å². The Balaban J connectivity index is 2.19. The quantitative estimate of drug-likeness (QED) is 0.865. The molecule has 3 rings (SSSR count). The lowest BCUT2D eigenvalue weighted by Gasteiger charge is -2.35. The molecule has 1 unspecified atom stereocenters. The molecule has 1 N–H and O–H groups in total. The van der Waals surface area contributed by atoms with Crippen molar-refractivity contribution < 1.29 is 13.2 Å². The molecule has 0 fully saturated rings. The van der Waals surface area contributed by atoms with Crippen LogP contribution in [0.15, 0.2) is 47.5 Å². The second-order valence-corrected chi connectivity index (χ2v) is 7.21. The van der Waals surface area contributed by atoms with Crippen molar-refractivity contribution in [2.45, 2.75) is 24.3 Å². The molecule has 0 spiro atoms. The number of aryl methyl sites for hydroxylation is 1. The van der Waals surface area contributed by atoms with Crippen molar-refractivity contribution >= 4 is 27.4 Å². The van der Waals surface area contributed by atoms with E-state index in [0.29, 0.717) is 5.69 Å². The van der Waals surface area contributed by atoms with E-state index in [2.05, 4.69) is 16.2 Å². The normalized spacial score (nSPS) is 16.9. The smallest absolute Gasteiger partial charge is 0.265 e. The molecule has 1 atom stereocenters. The SMILES string of the molecule is C#CCC1C(=O)Nc2ncccc2N1S(=O)(=O)c1ccc(C)cc1. The molecule has 2 aromatic rings. The summed E-state index contributed by atoms with van der Waals surface area (Å²) in [7, 11) is -3.96. The maximum atomic E-state index is 13.1. The topological polar surface area (TPSA) is 79.4 Å². The number of rotatable bonds is 3. The van der Waals surface area contributed by atoms with Crippen molar-refractivity contribution in [2.75, 3.05) is 9.62 Å². The van der Waals surface area contributed by atoms with Gasteiger partial charge >= 0.3 is 0 Å². The lowest BCUT2D eigenvalue weighted by Crippen LogP contribution is -2.51. The third kappa shape index (κ3) is 2.61. The Morgan fingerprint density at radius 2 is 2.00 bits per heavy atom. The summed E-state index contributed by atoms with van der Waals surface area (Å²) >= 11 is 0. The number of nitrogens with one attached hydrogen (secondary N) is 1. The number of carbonyl (C=O) groups excluding carboxylic acids is 1. The van der Waals surface area contributed by atoms with E-state index in [1.165, 1.54) is 18.3 Å². The van der Waals surface area contributed by atoms with Gasteiger partial charge in [-0.05, 0) is 31.2 Å². The largest absolute Gasteiger partial charge is 0.307 e. The van der Waals surface area contributed by atoms with Crippen LogP contribution in [0.1, 0.15) is 12.0 Å². The zero-order valence-corrected chi connectivity index (χ0v) is 13.7. The zero-order valence-electron chi connectivity index (χ0n) is 12.9. The van der Waals surface area contributed by atoms with Gasteiger partial charge in [0.05, 0.1) is 10.6 Å². The second-order valence-electron chi connectivity index (χ2n) is 5.40. The number of benzene rings is 1. The number of sulfonamides is 1. The van der Waals surface area contributed by atoms with E-state index in [4.69, 9.17) is 6.42 Å². The fourth-order valence-electron chi connectivity index (χ4n) is 2.55. The number of amides is 1. The summed E-state index contributed by atoms with van der Waals surface area (Å²) in [6.45, 7) is 1.87. The van der Waals surface area contributed by atoms with E-state index in [-0.39, 0.29) is 17.1 Å². The minimum atomic E-state index is -3.96. The molecular formula is C17H15N3O3S. The predicted molar refractivity (Wildman–Crippen MR) is 90.9 cm³/mol. The highest BCUT2D eigenvalue weighted by molar-refractivity contribution is 7.93. The van der Waals surface area contributed by atoms with Gasteiger partial charge in [-0.15, -0.1) is 12.3 Å². The summed E-state index contributed by atoms with van der Waals surface area (Å²) in [5, 5.41) is 2.61. The Morgan fingerprint density at radius 1 is 1.29 bits per heavy atom. The molecule has 0 bridgehead atoms. The van der Waals surface area contributed by atoms with Crippen LogP contribution in [0.4, 0.5) is 11.5 Å². The van der Waals surface area contributed by atoms with E-state index in [0.717, 1.165) is 9.87 Å². The van der Waals surface area contributed by atoms with Gasteiger partial charge in [-0.3, -0.25) is 4.79 Å². The first-order valence-corrected chi connectivity index (χ1v) is 8.69. The van der Waals surface area contributed by atoms with Crippen molar-refractivity contribution in [1.29, 1.82) is 0 Å². The van der Waals surface area contributed by atoms with E-state index in [1.807, 2.05) is 6.92 Å². The lowest BCUT2D eigenvalue weighted by molar-refractivity contribution is -0.117. The molecule has 1 amide bonds. The third-order valence-corrected chi connectivity index (χ3v) is 5.58. The van der Waals surface area contributed by atoms with Gasteiger partial charge < -0.3 is 5.32 Å². The van der Waals surface area contributed by atoms with E-state index in [1.54, 1.807) is 24.3 Å². The van der Waals surface area contributed by atoms with Crippen LogP contribution in [0.2, 0.25) is 0 Å². The fourth-order valence-corrected chi connectivity index (χ4v) is 4.17. The first kappa shape index (κ1) is 16.0. The first-order valence-electron chi connectivity index (χ1n) is 7.25. The number of carbonyl (C=O) groups is 1. The Hall–Kier alpha value is -2.85. The monoisotopic (exact) mass is 341 g/mol. The molecule has 1 aromatic carbocycles. The highest BCUT2D eigenvalue weighted by atomic mass is 32.2. The van der Waals surface area contributed by atoms with Crippen LogP contribution in [-0.4, -0.2) is 25.4 Å². The number of anilines is 2. The number of hydrogen-bond donors (Lipinski definition) is 1. The van der Waals surface area contributed by atoms with Crippen LogP contribution in [0, 0.1) is 19.3 Å². The number of hydrogen-bond acceptors (Lipinski definition) is 4. The Kier molecular flexibility index (Phi) is 3.99. The zero-order chi connectivity index (χ0) is 17.3. The Morgan fingerprint density at radius 3 is 2.67 bits per heavy atom. The first-order chi connectivity index (χ1) is 11.4. The van der Waals surface area contributed by atoms with E-state index in [9.17, 15) is 13.2 Å². The van der Waals surface area contributed by atoms with Crippen molar-refractivity contribution in [3.63, 3.8) is 0 Å². The Labute approximate surface area is 140 Å². The molecule has 0 radical (unpaired) electrons. The number of terminal acetylenes is 1. The summed E-state index contributed by atoms with van der Waals surface area (Å²) in [5.74, 6) is 2.08. The molecule has 24 heavy (non-hydrogen) atoms. The van der Waals surface area contributed by atoms with Gasteiger partial charge in [0.1, 0.15) is 6.04 Å². The van der Waals surface area contributed by atoms with Crippen LogP contribution in [0.3, 0.4) is 0 Å². The average molecular weight is 341 g/mol. The number of nitrogens with zero attached hydrogens (tertiary/aromatic N) is 2. The summed E-state index contributed by atoms with van der Waals surface area (Å²) in [5.41, 5.74) is 1.24. The maximum Gasteiger partial charge on any atom is 0.265 e. The summed E-state index contributed by atoms with van der Waals surface area (Å²) < 4.78 is 27.4. The number of aromatic nitrogens is 1. The number of fused-ring (bicyclic) bond motifs is 1. The van der Waals surface area contributed by atoms with Gasteiger partial charge in [0, 0.05) is 12.6 Å². The van der Waals surface area contributed by atoms with Gasteiger partial charge in [0.15, 0.2) is 5.82 Å². The van der Waals surface area contributed by atoms with Crippen molar-refractivity contribution in [1.82, 2.24) is 4.98 Å². The predicted octanol–water partition coefficient (Wildman–Crippen LogP) is 1.93. The lowest BCUT2D eigenvalue weighted by atomic mass is 10.1. The molecule has 0 aliphatic carbocycles. The Bertz CT molecular complexity index is 930. The molecule has 6 nitrogen and oxygen atoms in total. The number of pyridine rings is 1. The summed E-state index contributed by atoms with van der Waals surface area (Å²) in [6.07, 6.45) is 6.79. The molecule has 1 aromatic heterocycles. The molecule has 0 saturated carbocycles. The van der Waals surface area contributed by atoms with Crippen LogP contribution in [0.5, 0.6) is 0 Å². The minimum Gasteiger partial charge on any atom is -0.307 e. The fraction of sp³-hybridized carbons (Fsp3) is 0.176. The maximum absolute atomic E-state index is 13.1. The molecule has 1 aliphatic heterocycles. The summed E-state index contributed by atoms with van der Waals surface area (Å²) in [4.78, 5) is 16.5. The molecule has 7 heteroatoms. The molecule has 1 aliphatic rings. The molecular weight excluding hydrogens is 326 g/mol. The molecule has 122 valence electrons. The highest BCUT2D eigenvalue weighted by Gasteiger charge is 2.41. The standard InChI is InChI=1S/C17H15N3O3S/c1-3-5-15-17(21)19-16-14(6-4-11-18-16)20(15)24(22,23)13-9-7-12(2)8-10-13/h1,4,6-11,15H,5H2,2H3,(H,18,19,21). The molecule has 2 heterocycles. The van der Waals surface area contributed by atoms with Crippen molar-refractivity contribution in [2.24, 2.45) is 0 Å². The third-order valence-electron chi connectivity index (χ3n) is 3.74. The van der Waals surface area contributed by atoms with Gasteiger partial charge in [0.2, 0.25) is 0 Å². The van der Waals surface area contributed by atoms with Crippen LogP contribution >= 0.6 is 0 Å². The van der Waals surface area contributed by atoms with Gasteiger partial charge in [0.25, 0.3) is 15.9 Å². The summed E-state index contributed by atoms with van der Waals surface area (Å²) in [6, 6.07) is 8.63. The highest BCUT2D eigenvalue weighted by Crippen LogP contribution is 2.35. The van der Waals surface area contributed by atoms with Gasteiger partial charge in [-0.2, -0.15) is 0 Å². The van der Waals surface area contributed by atoms with Crippen LogP contribution < -0.4 is 9.62 Å².